The van der Waals surface area contributed by atoms with Gasteiger partial charge >= 0.3 is 11.9 Å². The summed E-state index contributed by atoms with van der Waals surface area (Å²) in [6, 6.07) is 0. The molecule has 1 aliphatic heterocycles. The average molecular weight is 374 g/mol. The number of esters is 2. The lowest BCUT2D eigenvalue weighted by Gasteiger charge is -2.52. The monoisotopic (exact) mass is 374 g/mol. The molecule has 0 N–H and O–H groups in total. The highest BCUT2D eigenvalue weighted by atomic mass is 16.6. The van der Waals surface area contributed by atoms with Crippen molar-refractivity contribution < 1.29 is 28.2 Å². The lowest BCUT2D eigenvalue weighted by molar-refractivity contribution is -0.180. The van der Waals surface area contributed by atoms with E-state index in [-0.39, 0.29) is 24.1 Å². The zero-order valence-electron chi connectivity index (χ0n) is 16.5. The van der Waals surface area contributed by atoms with Gasteiger partial charge in [-0.3, -0.25) is 4.79 Å². The van der Waals surface area contributed by atoms with Crippen LogP contribution < -0.4 is 0 Å². The molecule has 2 heterocycles. The molecule has 2 aliphatic carbocycles. The Labute approximate surface area is 158 Å². The highest BCUT2D eigenvalue weighted by Gasteiger charge is 2.78. The van der Waals surface area contributed by atoms with Crippen molar-refractivity contribution in [3.8, 4) is 0 Å². The van der Waals surface area contributed by atoms with Crippen LogP contribution in [0.2, 0.25) is 0 Å². The van der Waals surface area contributed by atoms with Crippen LogP contribution in [0.25, 0.3) is 0 Å². The molecule has 2 fully saturated rings. The van der Waals surface area contributed by atoms with Crippen LogP contribution in [-0.2, 0) is 30.2 Å². The Kier molecular flexibility index (Phi) is 3.87. The highest BCUT2D eigenvalue weighted by Crippen LogP contribution is 2.70. The minimum atomic E-state index is -0.538. The van der Waals surface area contributed by atoms with E-state index in [0.29, 0.717) is 18.4 Å². The van der Waals surface area contributed by atoms with E-state index in [4.69, 9.17) is 18.6 Å². The average Bonchev–Trinajstić information content (AvgIpc) is 3.16. The molecule has 1 saturated heterocycles. The van der Waals surface area contributed by atoms with E-state index in [0.717, 1.165) is 16.9 Å². The summed E-state index contributed by atoms with van der Waals surface area (Å²) >= 11 is 0. The maximum absolute atomic E-state index is 12.1. The summed E-state index contributed by atoms with van der Waals surface area (Å²) in [7, 11) is 0. The van der Waals surface area contributed by atoms with Crippen molar-refractivity contribution in [2.75, 3.05) is 0 Å². The van der Waals surface area contributed by atoms with E-state index in [1.54, 1.807) is 13.2 Å². The predicted octanol–water partition coefficient (Wildman–Crippen LogP) is 3.42. The van der Waals surface area contributed by atoms with Crippen LogP contribution in [0.4, 0.5) is 0 Å². The minimum Gasteiger partial charge on any atom is -0.469 e. The number of aryl methyl sites for hydroxylation is 1. The molecule has 4 rings (SSSR count). The Morgan fingerprint density at radius 3 is 2.63 bits per heavy atom. The van der Waals surface area contributed by atoms with Crippen molar-refractivity contribution in [2.24, 2.45) is 11.3 Å². The maximum Gasteiger partial charge on any atom is 0.333 e. The van der Waals surface area contributed by atoms with Crippen LogP contribution in [0.15, 0.2) is 22.8 Å². The summed E-state index contributed by atoms with van der Waals surface area (Å²) in [4.78, 5) is 24.1. The summed E-state index contributed by atoms with van der Waals surface area (Å²) < 4.78 is 23.6. The van der Waals surface area contributed by atoms with Gasteiger partial charge in [0, 0.05) is 42.2 Å². The molecule has 27 heavy (non-hydrogen) atoms. The summed E-state index contributed by atoms with van der Waals surface area (Å²) in [6.45, 7) is 12.8. The fraction of sp³-hybridized carbons (Fsp3) is 0.619. The molecule has 3 aliphatic rings. The zero-order valence-corrected chi connectivity index (χ0v) is 16.5. The molecule has 0 aromatic carbocycles. The first-order chi connectivity index (χ1) is 12.6. The Balaban J connectivity index is 1.78. The van der Waals surface area contributed by atoms with Crippen LogP contribution in [0.1, 0.15) is 57.1 Å². The van der Waals surface area contributed by atoms with Crippen molar-refractivity contribution >= 4 is 11.9 Å². The maximum atomic E-state index is 12.1. The van der Waals surface area contributed by atoms with Gasteiger partial charge in [0.15, 0.2) is 0 Å². The van der Waals surface area contributed by atoms with Gasteiger partial charge in [-0.1, -0.05) is 20.4 Å². The van der Waals surface area contributed by atoms with E-state index in [1.807, 2.05) is 13.8 Å². The van der Waals surface area contributed by atoms with Gasteiger partial charge in [0.05, 0.1) is 12.4 Å². The van der Waals surface area contributed by atoms with Crippen LogP contribution in [-0.4, -0.2) is 29.7 Å². The first kappa shape index (κ1) is 18.3. The van der Waals surface area contributed by atoms with E-state index in [9.17, 15) is 9.59 Å². The quantitative estimate of drug-likeness (QED) is 0.458. The topological polar surface area (TPSA) is 78.3 Å². The molecular formula is C21H26O6. The Bertz CT molecular complexity index is 838. The molecule has 0 radical (unpaired) electrons. The number of hydrogen-bond acceptors (Lipinski definition) is 6. The Morgan fingerprint density at radius 2 is 2.00 bits per heavy atom. The first-order valence-electron chi connectivity index (χ1n) is 9.40. The van der Waals surface area contributed by atoms with E-state index in [1.165, 1.54) is 6.92 Å². The molecule has 0 amide bonds. The van der Waals surface area contributed by atoms with Crippen molar-refractivity contribution in [2.45, 2.75) is 71.4 Å². The molecule has 1 aromatic heterocycles. The van der Waals surface area contributed by atoms with Gasteiger partial charge in [-0.2, -0.15) is 0 Å². The second-order valence-corrected chi connectivity index (χ2v) is 8.45. The van der Waals surface area contributed by atoms with Gasteiger partial charge in [-0.05, 0) is 19.4 Å². The van der Waals surface area contributed by atoms with Crippen molar-refractivity contribution in [3.05, 3.63) is 35.3 Å². The molecule has 1 aromatic rings. The second-order valence-electron chi connectivity index (χ2n) is 8.45. The number of ether oxygens (including phenoxy) is 3. The zero-order chi connectivity index (χ0) is 19.7. The van der Waals surface area contributed by atoms with Gasteiger partial charge in [0.1, 0.15) is 23.6 Å². The summed E-state index contributed by atoms with van der Waals surface area (Å²) in [6.07, 6.45) is 2.07. The molecule has 0 bridgehead atoms. The number of rotatable bonds is 3. The van der Waals surface area contributed by atoms with Crippen molar-refractivity contribution in [1.29, 1.82) is 0 Å². The Hall–Kier alpha value is -2.08. The van der Waals surface area contributed by atoms with Gasteiger partial charge in [-0.15, -0.1) is 0 Å². The Morgan fingerprint density at radius 1 is 1.30 bits per heavy atom. The molecule has 1 spiro atoms. The van der Waals surface area contributed by atoms with Gasteiger partial charge in [0.2, 0.25) is 0 Å². The lowest BCUT2D eigenvalue weighted by atomic mass is 9.53. The lowest BCUT2D eigenvalue weighted by Crippen LogP contribution is -2.58. The number of hydrogen-bond donors (Lipinski definition) is 0. The summed E-state index contributed by atoms with van der Waals surface area (Å²) in [5, 5.41) is 0. The van der Waals surface area contributed by atoms with Crippen molar-refractivity contribution in [3.63, 3.8) is 0 Å². The van der Waals surface area contributed by atoms with Gasteiger partial charge in [0.25, 0.3) is 0 Å². The summed E-state index contributed by atoms with van der Waals surface area (Å²) in [5.41, 5.74) is 1.25. The third-order valence-corrected chi connectivity index (χ3v) is 6.90. The molecule has 1 saturated carbocycles. The normalized spacial score (nSPS) is 38.9. The summed E-state index contributed by atoms with van der Waals surface area (Å²) in [5.74, 6) is -0.00596. The number of furan rings is 1. The van der Waals surface area contributed by atoms with E-state index in [2.05, 4.69) is 13.5 Å². The van der Waals surface area contributed by atoms with Crippen LogP contribution in [0.3, 0.4) is 0 Å². The first-order valence-corrected chi connectivity index (χ1v) is 9.40. The van der Waals surface area contributed by atoms with Crippen molar-refractivity contribution in [1.82, 2.24) is 0 Å². The molecule has 6 atom stereocenters. The van der Waals surface area contributed by atoms with E-state index >= 15 is 0 Å². The van der Waals surface area contributed by atoms with Gasteiger partial charge in [-0.25, -0.2) is 4.79 Å². The predicted molar refractivity (Wildman–Crippen MR) is 95.8 cm³/mol. The molecule has 146 valence electrons. The van der Waals surface area contributed by atoms with Crippen LogP contribution in [0.5, 0.6) is 0 Å². The molecule has 6 nitrogen and oxygen atoms in total. The highest BCUT2D eigenvalue weighted by molar-refractivity contribution is 5.87. The fourth-order valence-electron chi connectivity index (χ4n) is 5.20. The molecular weight excluding hydrogens is 348 g/mol. The second kappa shape index (κ2) is 5.71. The van der Waals surface area contributed by atoms with Gasteiger partial charge < -0.3 is 18.6 Å². The molecule has 6 unspecified atom stereocenters. The SMILES string of the molecule is C=C(C)C(=O)OC1CC2OC23Cc2occ(C)c2C(OC(C)=O)C3(C)C1C. The molecule has 6 heteroatoms. The van der Waals surface area contributed by atoms with E-state index < -0.39 is 23.1 Å². The fourth-order valence-corrected chi connectivity index (χ4v) is 5.20. The third kappa shape index (κ3) is 2.35. The number of carbonyl (C=O) groups is 2. The largest absolute Gasteiger partial charge is 0.469 e. The van der Waals surface area contributed by atoms with Crippen LogP contribution >= 0.6 is 0 Å². The minimum absolute atomic E-state index is 0.0572. The number of epoxide rings is 1. The standard InChI is InChI=1S/C21H26O6/c1-10(2)19(23)26-14-7-16-21(27-16)8-15-17(11(3)9-24-15)18(25-13(5)22)20(21,6)12(14)4/h9,12,14,16,18H,1,7-8H2,2-6H3. The smallest absolute Gasteiger partial charge is 0.333 e. The number of carbonyl (C=O) groups excluding carboxylic acids is 2. The van der Waals surface area contributed by atoms with Crippen LogP contribution in [0, 0.1) is 18.3 Å². The third-order valence-electron chi connectivity index (χ3n) is 6.90. The number of fused-ring (bicyclic) bond motifs is 1.